The number of likely N-dealkylation sites (tertiary alicyclic amines) is 1. The lowest BCUT2D eigenvalue weighted by atomic mass is 9.94. The van der Waals surface area contributed by atoms with Crippen molar-refractivity contribution in [3.8, 4) is 22.7 Å². The van der Waals surface area contributed by atoms with Crippen molar-refractivity contribution in [2.45, 2.75) is 44.7 Å². The molecule has 3 aromatic heterocycles. The van der Waals surface area contributed by atoms with Gasteiger partial charge < -0.3 is 15.1 Å². The number of pyridine rings is 1. The molecule has 0 radical (unpaired) electrons. The topological polar surface area (TPSA) is 111 Å². The number of aryl methyl sites for hydroxylation is 1. The highest BCUT2D eigenvalue weighted by Gasteiger charge is 2.33. The summed E-state index contributed by atoms with van der Waals surface area (Å²) in [5.74, 6) is 0.586. The van der Waals surface area contributed by atoms with Gasteiger partial charge in [0.25, 0.3) is 5.91 Å². The molecular formula is C31H30N6O2S. The van der Waals surface area contributed by atoms with Crippen molar-refractivity contribution in [1.29, 1.82) is 0 Å². The molecule has 40 heavy (non-hydrogen) atoms. The SMILES string of the molecule is Cc1csc([C@H]2CCCN2C(=O)c2cc(-c3ccccn3)cc(-c3nnc([C@@](C)(N)Cc4ccccc4)o3)c2)n1. The molecule has 6 rings (SSSR count). The first kappa shape index (κ1) is 26.0. The van der Waals surface area contributed by atoms with Crippen LogP contribution in [0.25, 0.3) is 22.7 Å². The quantitative estimate of drug-likeness (QED) is 0.266. The molecule has 1 aliphatic heterocycles. The number of nitrogens with zero attached hydrogens (tertiary/aromatic N) is 5. The Kier molecular flexibility index (Phi) is 7.00. The van der Waals surface area contributed by atoms with Gasteiger partial charge in [0.15, 0.2) is 0 Å². The van der Waals surface area contributed by atoms with Gasteiger partial charge in [-0.25, -0.2) is 4.98 Å². The number of hydrogen-bond acceptors (Lipinski definition) is 8. The van der Waals surface area contributed by atoms with E-state index in [0.29, 0.717) is 35.9 Å². The van der Waals surface area contributed by atoms with E-state index in [1.165, 1.54) is 0 Å². The Labute approximate surface area is 236 Å². The van der Waals surface area contributed by atoms with E-state index in [9.17, 15) is 4.79 Å². The Balaban J connectivity index is 1.36. The predicted molar refractivity (Wildman–Crippen MR) is 155 cm³/mol. The van der Waals surface area contributed by atoms with E-state index in [0.717, 1.165) is 40.4 Å². The molecule has 0 aliphatic carbocycles. The molecule has 0 spiro atoms. The summed E-state index contributed by atoms with van der Waals surface area (Å²) in [7, 11) is 0. The van der Waals surface area contributed by atoms with Crippen LogP contribution in [0.1, 0.15) is 58.3 Å². The van der Waals surface area contributed by atoms with Crippen LogP contribution in [0, 0.1) is 6.92 Å². The van der Waals surface area contributed by atoms with E-state index in [1.54, 1.807) is 17.5 Å². The van der Waals surface area contributed by atoms with Crippen LogP contribution in [0.4, 0.5) is 0 Å². The molecule has 0 saturated carbocycles. The lowest BCUT2D eigenvalue weighted by Crippen LogP contribution is -2.35. The average Bonchev–Trinajstić information content (AvgIpc) is 3.74. The third kappa shape index (κ3) is 5.30. The molecule has 1 fully saturated rings. The summed E-state index contributed by atoms with van der Waals surface area (Å²) in [5, 5.41) is 11.7. The smallest absolute Gasteiger partial charge is 0.254 e. The van der Waals surface area contributed by atoms with Gasteiger partial charge in [-0.15, -0.1) is 21.5 Å². The van der Waals surface area contributed by atoms with Crippen LogP contribution < -0.4 is 5.73 Å². The lowest BCUT2D eigenvalue weighted by Gasteiger charge is -2.23. The minimum atomic E-state index is -0.863. The summed E-state index contributed by atoms with van der Waals surface area (Å²) in [6, 6.07) is 21.3. The van der Waals surface area contributed by atoms with Gasteiger partial charge in [0, 0.05) is 40.5 Å². The molecule has 8 nitrogen and oxygen atoms in total. The molecule has 202 valence electrons. The number of nitrogens with two attached hydrogens (primary N) is 1. The number of carbonyl (C=O) groups is 1. The molecular weight excluding hydrogens is 520 g/mol. The standard InChI is InChI=1S/C31H30N6O2S/c1-20-19-40-28(34-20)26-12-8-14-37(26)29(38)24-16-22(25-11-6-7-13-33-25)15-23(17-24)27-35-36-30(39-27)31(2,32)18-21-9-4-3-5-10-21/h3-7,9-11,13,15-17,19,26H,8,12,14,18,32H2,1-2H3/t26-,31+/m1/s1. The molecule has 1 aliphatic rings. The highest BCUT2D eigenvalue weighted by atomic mass is 32.1. The highest BCUT2D eigenvalue weighted by molar-refractivity contribution is 7.09. The van der Waals surface area contributed by atoms with E-state index in [2.05, 4.69) is 20.2 Å². The van der Waals surface area contributed by atoms with Crippen LogP contribution in [-0.4, -0.2) is 37.5 Å². The minimum Gasteiger partial charge on any atom is -0.419 e. The molecule has 0 unspecified atom stereocenters. The molecule has 2 aromatic carbocycles. The zero-order valence-corrected chi connectivity index (χ0v) is 23.3. The molecule has 1 amide bonds. The zero-order chi connectivity index (χ0) is 27.7. The van der Waals surface area contributed by atoms with Crippen molar-refractivity contribution in [2.75, 3.05) is 6.54 Å². The summed E-state index contributed by atoms with van der Waals surface area (Å²) in [5.41, 5.74) is 10.6. The summed E-state index contributed by atoms with van der Waals surface area (Å²) >= 11 is 1.61. The van der Waals surface area contributed by atoms with Crippen molar-refractivity contribution in [2.24, 2.45) is 5.73 Å². The highest BCUT2D eigenvalue weighted by Crippen LogP contribution is 2.36. The van der Waals surface area contributed by atoms with Gasteiger partial charge in [-0.1, -0.05) is 36.4 Å². The molecule has 4 heterocycles. The van der Waals surface area contributed by atoms with E-state index >= 15 is 0 Å². The molecule has 2 atom stereocenters. The predicted octanol–water partition coefficient (Wildman–Crippen LogP) is 5.96. The van der Waals surface area contributed by atoms with Gasteiger partial charge in [-0.3, -0.25) is 9.78 Å². The van der Waals surface area contributed by atoms with Gasteiger partial charge in [-0.05, 0) is 69.0 Å². The third-order valence-corrected chi connectivity index (χ3v) is 8.21. The number of thiazole rings is 1. The van der Waals surface area contributed by atoms with Gasteiger partial charge in [-0.2, -0.15) is 0 Å². The normalized spacial score (nSPS) is 16.7. The van der Waals surface area contributed by atoms with Crippen LogP contribution in [0.5, 0.6) is 0 Å². The van der Waals surface area contributed by atoms with Crippen LogP contribution in [0.15, 0.2) is 82.7 Å². The van der Waals surface area contributed by atoms with Crippen molar-refractivity contribution < 1.29 is 9.21 Å². The van der Waals surface area contributed by atoms with Gasteiger partial charge in [0.1, 0.15) is 5.01 Å². The van der Waals surface area contributed by atoms with Crippen molar-refractivity contribution in [1.82, 2.24) is 25.1 Å². The van der Waals surface area contributed by atoms with Gasteiger partial charge >= 0.3 is 0 Å². The second-order valence-corrected chi connectivity index (χ2v) is 11.4. The van der Waals surface area contributed by atoms with Crippen LogP contribution >= 0.6 is 11.3 Å². The second-order valence-electron chi connectivity index (χ2n) is 10.5. The fraction of sp³-hybridized carbons (Fsp3) is 0.258. The Morgan fingerprint density at radius 3 is 2.65 bits per heavy atom. The monoisotopic (exact) mass is 550 g/mol. The number of rotatable bonds is 7. The molecule has 5 aromatic rings. The van der Waals surface area contributed by atoms with Crippen molar-refractivity contribution in [3.63, 3.8) is 0 Å². The second kappa shape index (κ2) is 10.7. The first-order valence-corrected chi connectivity index (χ1v) is 14.2. The minimum absolute atomic E-state index is 0.0286. The first-order chi connectivity index (χ1) is 19.4. The number of amides is 1. The molecule has 2 N–H and O–H groups in total. The fourth-order valence-electron chi connectivity index (χ4n) is 5.18. The van der Waals surface area contributed by atoms with Gasteiger partial charge in [0.05, 0.1) is 17.3 Å². The first-order valence-electron chi connectivity index (χ1n) is 13.3. The van der Waals surface area contributed by atoms with E-state index in [4.69, 9.17) is 10.2 Å². The maximum absolute atomic E-state index is 14.0. The lowest BCUT2D eigenvalue weighted by molar-refractivity contribution is 0.0735. The van der Waals surface area contributed by atoms with Crippen LogP contribution in [0.2, 0.25) is 0 Å². The maximum atomic E-state index is 14.0. The van der Waals surface area contributed by atoms with Crippen molar-refractivity contribution >= 4 is 17.2 Å². The fourth-order valence-corrected chi connectivity index (χ4v) is 6.12. The van der Waals surface area contributed by atoms with E-state index in [-0.39, 0.29) is 11.9 Å². The van der Waals surface area contributed by atoms with Gasteiger partial charge in [0.2, 0.25) is 11.8 Å². The Bertz CT molecular complexity index is 1630. The van der Waals surface area contributed by atoms with Crippen LogP contribution in [0.3, 0.4) is 0 Å². The Hall–Kier alpha value is -4.21. The van der Waals surface area contributed by atoms with E-state index < -0.39 is 5.54 Å². The molecule has 9 heteroatoms. The average molecular weight is 551 g/mol. The number of carbonyl (C=O) groups excluding carboxylic acids is 1. The summed E-state index contributed by atoms with van der Waals surface area (Å²) < 4.78 is 6.15. The van der Waals surface area contributed by atoms with Crippen LogP contribution in [-0.2, 0) is 12.0 Å². The summed E-state index contributed by atoms with van der Waals surface area (Å²) in [6.45, 7) is 4.54. The zero-order valence-electron chi connectivity index (χ0n) is 22.4. The molecule has 0 bridgehead atoms. The molecule has 1 saturated heterocycles. The number of hydrogen-bond donors (Lipinski definition) is 1. The maximum Gasteiger partial charge on any atom is 0.254 e. The van der Waals surface area contributed by atoms with Crippen molar-refractivity contribution in [3.05, 3.63) is 106 Å². The largest absolute Gasteiger partial charge is 0.419 e. The number of benzene rings is 2. The Morgan fingerprint density at radius 2 is 1.90 bits per heavy atom. The van der Waals surface area contributed by atoms with E-state index in [1.807, 2.05) is 90.9 Å². The summed E-state index contributed by atoms with van der Waals surface area (Å²) in [6.07, 6.45) is 4.11. The number of aromatic nitrogens is 4. The third-order valence-electron chi connectivity index (χ3n) is 7.15. The Morgan fingerprint density at radius 1 is 1.10 bits per heavy atom. The summed E-state index contributed by atoms with van der Waals surface area (Å²) in [4.78, 5) is 25.1.